The zero-order chi connectivity index (χ0) is 13.0. The number of aliphatic hydroxyl groups is 1. The molecule has 1 heterocycles. The van der Waals surface area contributed by atoms with Crippen molar-refractivity contribution in [2.24, 2.45) is 0 Å². The third-order valence-electron chi connectivity index (χ3n) is 3.31. The predicted molar refractivity (Wildman–Crippen MR) is 70.7 cm³/mol. The highest BCUT2D eigenvalue weighted by Crippen LogP contribution is 2.15. The van der Waals surface area contributed by atoms with Crippen LogP contribution in [0.1, 0.15) is 18.4 Å². The summed E-state index contributed by atoms with van der Waals surface area (Å²) >= 11 is 0. The first kappa shape index (κ1) is 13.5. The van der Waals surface area contributed by atoms with Gasteiger partial charge in [0.2, 0.25) is 10.0 Å². The number of hydrogen-bond donors (Lipinski definition) is 1. The van der Waals surface area contributed by atoms with Crippen LogP contribution in [-0.2, 0) is 16.4 Å². The van der Waals surface area contributed by atoms with E-state index >= 15 is 0 Å². The number of aryl methyl sites for hydroxylation is 1. The zero-order valence-electron chi connectivity index (χ0n) is 10.3. The van der Waals surface area contributed by atoms with Crippen LogP contribution in [0.3, 0.4) is 0 Å². The molecule has 1 N–H and O–H groups in total. The van der Waals surface area contributed by atoms with Crippen molar-refractivity contribution in [2.45, 2.75) is 25.4 Å². The van der Waals surface area contributed by atoms with E-state index in [2.05, 4.69) is 0 Å². The Hall–Kier alpha value is -0.910. The molecule has 1 aromatic rings. The summed E-state index contributed by atoms with van der Waals surface area (Å²) in [6.45, 7) is 0.885. The number of rotatable bonds is 4. The second-order valence-electron chi connectivity index (χ2n) is 4.68. The van der Waals surface area contributed by atoms with Crippen LogP contribution in [-0.4, -0.2) is 42.8 Å². The van der Waals surface area contributed by atoms with E-state index in [1.54, 1.807) is 0 Å². The summed E-state index contributed by atoms with van der Waals surface area (Å²) in [5.41, 5.74) is 1.04. The summed E-state index contributed by atoms with van der Waals surface area (Å²) in [6.07, 6.45) is 1.29. The van der Waals surface area contributed by atoms with Gasteiger partial charge in [-0.3, -0.25) is 0 Å². The fourth-order valence-corrected chi connectivity index (χ4v) is 3.66. The molecule has 0 radical (unpaired) electrons. The second-order valence-corrected chi connectivity index (χ2v) is 6.77. The molecule has 1 saturated heterocycles. The maximum atomic E-state index is 12.1. The zero-order valence-corrected chi connectivity index (χ0v) is 11.1. The third-order valence-corrected chi connectivity index (χ3v) is 5.18. The maximum Gasteiger partial charge on any atom is 0.214 e. The molecule has 18 heavy (non-hydrogen) atoms. The predicted octanol–water partition coefficient (Wildman–Crippen LogP) is 1.02. The second kappa shape index (κ2) is 5.82. The average molecular weight is 269 g/mol. The van der Waals surface area contributed by atoms with Crippen molar-refractivity contribution < 1.29 is 13.5 Å². The van der Waals surface area contributed by atoms with Gasteiger partial charge in [-0.1, -0.05) is 30.3 Å². The van der Waals surface area contributed by atoms with Gasteiger partial charge in [-0.2, -0.15) is 0 Å². The van der Waals surface area contributed by atoms with Crippen molar-refractivity contribution in [3.63, 3.8) is 0 Å². The van der Waals surface area contributed by atoms with Crippen LogP contribution in [0.25, 0.3) is 0 Å². The Morgan fingerprint density at radius 2 is 1.78 bits per heavy atom. The Bertz CT molecular complexity index is 464. The summed E-state index contributed by atoms with van der Waals surface area (Å²) in [5.74, 6) is 0.146. The monoisotopic (exact) mass is 269 g/mol. The molecule has 4 nitrogen and oxygen atoms in total. The van der Waals surface area contributed by atoms with Crippen molar-refractivity contribution in [1.29, 1.82) is 0 Å². The lowest BCUT2D eigenvalue weighted by Gasteiger charge is -2.28. The van der Waals surface area contributed by atoms with E-state index < -0.39 is 10.0 Å². The smallest absolute Gasteiger partial charge is 0.214 e. The Balaban J connectivity index is 1.91. The number of benzene rings is 1. The minimum absolute atomic E-state index is 0.146. The first-order valence-electron chi connectivity index (χ1n) is 6.28. The van der Waals surface area contributed by atoms with E-state index in [0.717, 1.165) is 5.56 Å². The SMILES string of the molecule is O=S(=O)(CCc1ccccc1)N1CCC(O)CC1. The minimum Gasteiger partial charge on any atom is -0.393 e. The molecule has 100 valence electrons. The highest BCUT2D eigenvalue weighted by atomic mass is 32.2. The third kappa shape index (κ3) is 3.54. The number of piperidine rings is 1. The molecule has 0 saturated carbocycles. The highest BCUT2D eigenvalue weighted by molar-refractivity contribution is 7.89. The average Bonchev–Trinajstić information content (AvgIpc) is 2.38. The number of hydrogen-bond acceptors (Lipinski definition) is 3. The topological polar surface area (TPSA) is 57.6 Å². The molecular weight excluding hydrogens is 250 g/mol. The van der Waals surface area contributed by atoms with Gasteiger partial charge in [0.25, 0.3) is 0 Å². The van der Waals surface area contributed by atoms with Gasteiger partial charge in [0, 0.05) is 13.1 Å². The van der Waals surface area contributed by atoms with Crippen molar-refractivity contribution in [1.82, 2.24) is 4.31 Å². The number of aliphatic hydroxyl groups excluding tert-OH is 1. The van der Waals surface area contributed by atoms with Gasteiger partial charge >= 0.3 is 0 Å². The summed E-state index contributed by atoms with van der Waals surface area (Å²) in [4.78, 5) is 0. The van der Waals surface area contributed by atoms with Crippen LogP contribution in [0.15, 0.2) is 30.3 Å². The minimum atomic E-state index is -3.18. The van der Waals surface area contributed by atoms with Crippen LogP contribution in [0.5, 0.6) is 0 Å². The van der Waals surface area contributed by atoms with Gasteiger partial charge in [0.15, 0.2) is 0 Å². The molecule has 1 fully saturated rings. The molecule has 0 amide bonds. The van der Waals surface area contributed by atoms with Crippen molar-refractivity contribution in [2.75, 3.05) is 18.8 Å². The molecule has 0 spiro atoms. The van der Waals surface area contributed by atoms with E-state index in [1.165, 1.54) is 4.31 Å². The van der Waals surface area contributed by atoms with E-state index in [1.807, 2.05) is 30.3 Å². The largest absolute Gasteiger partial charge is 0.393 e. The lowest BCUT2D eigenvalue weighted by Crippen LogP contribution is -2.41. The van der Waals surface area contributed by atoms with E-state index in [-0.39, 0.29) is 11.9 Å². The molecule has 2 rings (SSSR count). The van der Waals surface area contributed by atoms with E-state index in [0.29, 0.717) is 32.4 Å². The van der Waals surface area contributed by atoms with Crippen LogP contribution in [0, 0.1) is 0 Å². The van der Waals surface area contributed by atoms with E-state index in [9.17, 15) is 13.5 Å². The molecule has 0 aliphatic carbocycles. The summed E-state index contributed by atoms with van der Waals surface area (Å²) in [5, 5.41) is 9.38. The van der Waals surface area contributed by atoms with Crippen LogP contribution in [0.2, 0.25) is 0 Å². The molecule has 1 aliphatic rings. The molecule has 1 aromatic carbocycles. The summed E-state index contributed by atoms with van der Waals surface area (Å²) in [6, 6.07) is 9.63. The molecule has 5 heteroatoms. The Morgan fingerprint density at radius 1 is 1.17 bits per heavy atom. The lowest BCUT2D eigenvalue weighted by atomic mass is 10.1. The Kier molecular flexibility index (Phi) is 4.37. The molecule has 0 atom stereocenters. The fraction of sp³-hybridized carbons (Fsp3) is 0.538. The normalized spacial score (nSPS) is 18.9. The molecule has 0 unspecified atom stereocenters. The van der Waals surface area contributed by atoms with Crippen molar-refractivity contribution in [3.8, 4) is 0 Å². The van der Waals surface area contributed by atoms with Crippen molar-refractivity contribution in [3.05, 3.63) is 35.9 Å². The van der Waals surface area contributed by atoms with E-state index in [4.69, 9.17) is 0 Å². The van der Waals surface area contributed by atoms with Gasteiger partial charge in [-0.15, -0.1) is 0 Å². The number of sulfonamides is 1. The standard InChI is InChI=1S/C13H19NO3S/c15-13-6-9-14(10-7-13)18(16,17)11-8-12-4-2-1-3-5-12/h1-5,13,15H,6-11H2. The molecular formula is C13H19NO3S. The molecule has 1 aliphatic heterocycles. The Morgan fingerprint density at radius 3 is 2.39 bits per heavy atom. The Labute approximate surface area is 108 Å². The lowest BCUT2D eigenvalue weighted by molar-refractivity contribution is 0.113. The quantitative estimate of drug-likeness (QED) is 0.887. The maximum absolute atomic E-state index is 12.1. The van der Waals surface area contributed by atoms with Gasteiger partial charge in [-0.25, -0.2) is 12.7 Å². The van der Waals surface area contributed by atoms with Crippen molar-refractivity contribution >= 4 is 10.0 Å². The molecule has 0 bridgehead atoms. The van der Waals surface area contributed by atoms with Gasteiger partial charge in [0.1, 0.15) is 0 Å². The van der Waals surface area contributed by atoms with Gasteiger partial charge in [0.05, 0.1) is 11.9 Å². The van der Waals surface area contributed by atoms with Crippen LogP contribution >= 0.6 is 0 Å². The summed E-state index contributed by atoms with van der Waals surface area (Å²) < 4.78 is 25.7. The molecule has 0 aromatic heterocycles. The fourth-order valence-electron chi connectivity index (χ4n) is 2.14. The van der Waals surface area contributed by atoms with Crippen LogP contribution < -0.4 is 0 Å². The number of nitrogens with zero attached hydrogens (tertiary/aromatic N) is 1. The van der Waals surface area contributed by atoms with Crippen LogP contribution in [0.4, 0.5) is 0 Å². The first-order chi connectivity index (χ1) is 8.58. The highest BCUT2D eigenvalue weighted by Gasteiger charge is 2.26. The first-order valence-corrected chi connectivity index (χ1v) is 7.89. The van der Waals surface area contributed by atoms with Gasteiger partial charge in [-0.05, 0) is 24.8 Å². The summed E-state index contributed by atoms with van der Waals surface area (Å²) in [7, 11) is -3.18. The van der Waals surface area contributed by atoms with Gasteiger partial charge < -0.3 is 5.11 Å².